The molecular weight excluding hydrogens is 257 g/mol. The van der Waals surface area contributed by atoms with Crippen molar-refractivity contribution in [2.45, 2.75) is 39.4 Å². The number of halogens is 1. The molecule has 0 bridgehead atoms. The topological polar surface area (TPSA) is 32.7 Å². The molecule has 0 aliphatic carbocycles. The fourth-order valence-corrected chi connectivity index (χ4v) is 2.03. The van der Waals surface area contributed by atoms with E-state index in [4.69, 9.17) is 4.74 Å². The summed E-state index contributed by atoms with van der Waals surface area (Å²) >= 11 is 0. The van der Waals surface area contributed by atoms with Crippen molar-refractivity contribution >= 4 is 0 Å². The average Bonchev–Trinajstić information content (AvgIpc) is 2.45. The summed E-state index contributed by atoms with van der Waals surface area (Å²) in [7, 11) is 0. The molecule has 3 nitrogen and oxygen atoms in total. The quantitative estimate of drug-likeness (QED) is 0.716. The Labute approximate surface area is 121 Å². The van der Waals surface area contributed by atoms with E-state index in [0.717, 1.165) is 25.9 Å². The monoisotopic (exact) mass is 283 g/mol. The lowest BCUT2D eigenvalue weighted by Crippen LogP contribution is -2.35. The Morgan fingerprint density at radius 3 is 2.70 bits per heavy atom. The van der Waals surface area contributed by atoms with Gasteiger partial charge in [-0.05, 0) is 25.6 Å². The van der Waals surface area contributed by atoms with Gasteiger partial charge in [-0.25, -0.2) is 4.39 Å². The minimum atomic E-state index is -0.529. The number of hydrogen-bond acceptors (Lipinski definition) is 3. The van der Waals surface area contributed by atoms with Crippen LogP contribution in [0.15, 0.2) is 24.3 Å². The first-order valence-electron chi connectivity index (χ1n) is 7.38. The second-order valence-corrected chi connectivity index (χ2v) is 5.01. The summed E-state index contributed by atoms with van der Waals surface area (Å²) in [5.41, 5.74) is 0.526. The predicted molar refractivity (Wildman–Crippen MR) is 79.1 cm³/mol. The van der Waals surface area contributed by atoms with Crippen LogP contribution in [0.4, 0.5) is 4.39 Å². The Bertz CT molecular complexity index is 373. The molecule has 1 N–H and O–H groups in total. The number of likely N-dealkylation sites (N-methyl/N-ethyl adjacent to an activating group) is 1. The lowest BCUT2D eigenvalue weighted by atomic mass is 10.2. The van der Waals surface area contributed by atoms with E-state index in [1.165, 1.54) is 6.07 Å². The number of aliphatic hydroxyl groups excluding tert-OH is 1. The molecule has 0 saturated carbocycles. The molecule has 0 radical (unpaired) electrons. The molecule has 0 spiro atoms. The van der Waals surface area contributed by atoms with Crippen LogP contribution in [0.25, 0.3) is 0 Å². The maximum atomic E-state index is 13.4. The minimum Gasteiger partial charge on any atom is -0.389 e. The second-order valence-electron chi connectivity index (χ2n) is 5.01. The van der Waals surface area contributed by atoms with Gasteiger partial charge in [-0.1, -0.05) is 38.5 Å². The third kappa shape index (κ3) is 6.46. The maximum absolute atomic E-state index is 13.4. The first-order chi connectivity index (χ1) is 9.67. The van der Waals surface area contributed by atoms with E-state index in [2.05, 4.69) is 18.7 Å². The summed E-state index contributed by atoms with van der Waals surface area (Å²) in [5, 5.41) is 9.94. The first kappa shape index (κ1) is 17.1. The van der Waals surface area contributed by atoms with Crippen LogP contribution in [0.1, 0.15) is 32.3 Å². The fraction of sp³-hybridized carbons (Fsp3) is 0.625. The van der Waals surface area contributed by atoms with Crippen LogP contribution in [0.5, 0.6) is 0 Å². The van der Waals surface area contributed by atoms with E-state index in [0.29, 0.717) is 12.1 Å². The Morgan fingerprint density at radius 2 is 2.05 bits per heavy atom. The van der Waals surface area contributed by atoms with Crippen LogP contribution >= 0.6 is 0 Å². The molecule has 0 fully saturated rings. The SMILES string of the molecule is CCCCN(CC)CC(O)COCc1ccccc1F. The third-order valence-corrected chi connectivity index (χ3v) is 3.27. The zero-order chi connectivity index (χ0) is 14.8. The number of rotatable bonds is 10. The fourth-order valence-electron chi connectivity index (χ4n) is 2.03. The normalized spacial score (nSPS) is 12.8. The molecule has 0 aliphatic rings. The molecule has 1 aromatic carbocycles. The van der Waals surface area contributed by atoms with Gasteiger partial charge in [-0.3, -0.25) is 0 Å². The van der Waals surface area contributed by atoms with Gasteiger partial charge in [0.05, 0.1) is 19.3 Å². The van der Waals surface area contributed by atoms with E-state index in [9.17, 15) is 9.50 Å². The van der Waals surface area contributed by atoms with Crippen LogP contribution < -0.4 is 0 Å². The molecule has 114 valence electrons. The van der Waals surface area contributed by atoms with Gasteiger partial charge in [0.2, 0.25) is 0 Å². The summed E-state index contributed by atoms with van der Waals surface area (Å²) in [6, 6.07) is 6.54. The number of nitrogens with zero attached hydrogens (tertiary/aromatic N) is 1. The molecule has 1 unspecified atom stereocenters. The molecule has 0 amide bonds. The molecular formula is C16H26FNO2. The highest BCUT2D eigenvalue weighted by Crippen LogP contribution is 2.08. The van der Waals surface area contributed by atoms with Crippen molar-refractivity contribution in [1.29, 1.82) is 0 Å². The van der Waals surface area contributed by atoms with Crippen LogP contribution in [0, 0.1) is 5.82 Å². The lowest BCUT2D eigenvalue weighted by molar-refractivity contribution is 0.00972. The van der Waals surface area contributed by atoms with Crippen molar-refractivity contribution in [3.63, 3.8) is 0 Å². The predicted octanol–water partition coefficient (Wildman–Crippen LogP) is 2.83. The van der Waals surface area contributed by atoms with Crippen molar-refractivity contribution in [3.05, 3.63) is 35.6 Å². The van der Waals surface area contributed by atoms with Gasteiger partial charge in [-0.2, -0.15) is 0 Å². The Hall–Kier alpha value is -0.970. The molecule has 0 aromatic heterocycles. The first-order valence-corrected chi connectivity index (χ1v) is 7.38. The number of aliphatic hydroxyl groups is 1. The molecule has 1 rings (SSSR count). The van der Waals surface area contributed by atoms with Gasteiger partial charge in [0, 0.05) is 12.1 Å². The van der Waals surface area contributed by atoms with Crippen molar-refractivity contribution in [3.8, 4) is 0 Å². The standard InChI is InChI=1S/C16H26FNO2/c1-3-5-10-18(4-2)11-15(19)13-20-12-14-8-6-7-9-16(14)17/h6-9,15,19H,3-5,10-13H2,1-2H3. The molecule has 1 aromatic rings. The Kier molecular flexibility index (Phi) is 8.42. The smallest absolute Gasteiger partial charge is 0.128 e. The van der Waals surface area contributed by atoms with E-state index < -0.39 is 6.10 Å². The summed E-state index contributed by atoms with van der Waals surface area (Å²) < 4.78 is 18.8. The molecule has 0 aliphatic heterocycles. The van der Waals surface area contributed by atoms with Crippen molar-refractivity contribution < 1.29 is 14.2 Å². The third-order valence-electron chi connectivity index (χ3n) is 3.27. The summed E-state index contributed by atoms with van der Waals surface area (Å²) in [5.74, 6) is -0.264. The van der Waals surface area contributed by atoms with Crippen molar-refractivity contribution in [1.82, 2.24) is 4.90 Å². The van der Waals surface area contributed by atoms with Crippen molar-refractivity contribution in [2.75, 3.05) is 26.2 Å². The average molecular weight is 283 g/mol. The zero-order valence-corrected chi connectivity index (χ0v) is 12.5. The van der Waals surface area contributed by atoms with Crippen LogP contribution in [0.3, 0.4) is 0 Å². The number of hydrogen-bond donors (Lipinski definition) is 1. The number of ether oxygens (including phenoxy) is 1. The van der Waals surface area contributed by atoms with Gasteiger partial charge in [0.15, 0.2) is 0 Å². The van der Waals surface area contributed by atoms with Crippen LogP contribution in [0.2, 0.25) is 0 Å². The Balaban J connectivity index is 2.25. The highest BCUT2D eigenvalue weighted by atomic mass is 19.1. The largest absolute Gasteiger partial charge is 0.389 e. The second kappa shape index (κ2) is 9.86. The maximum Gasteiger partial charge on any atom is 0.128 e. The minimum absolute atomic E-state index is 0.199. The van der Waals surface area contributed by atoms with Gasteiger partial charge in [0.25, 0.3) is 0 Å². The highest BCUT2D eigenvalue weighted by Gasteiger charge is 2.10. The molecule has 1 atom stereocenters. The van der Waals surface area contributed by atoms with E-state index in [1.54, 1.807) is 18.2 Å². The van der Waals surface area contributed by atoms with E-state index in [1.807, 2.05) is 0 Å². The number of benzene rings is 1. The molecule has 0 saturated heterocycles. The lowest BCUT2D eigenvalue weighted by Gasteiger charge is -2.23. The summed E-state index contributed by atoms with van der Waals surface area (Å²) in [6.45, 7) is 7.20. The van der Waals surface area contributed by atoms with Crippen LogP contribution in [-0.4, -0.2) is 42.4 Å². The van der Waals surface area contributed by atoms with Crippen LogP contribution in [-0.2, 0) is 11.3 Å². The van der Waals surface area contributed by atoms with Crippen molar-refractivity contribution in [2.24, 2.45) is 0 Å². The van der Waals surface area contributed by atoms with Gasteiger partial charge >= 0.3 is 0 Å². The van der Waals surface area contributed by atoms with Gasteiger partial charge < -0.3 is 14.7 Å². The molecule has 4 heteroatoms. The Morgan fingerprint density at radius 1 is 1.30 bits per heavy atom. The summed E-state index contributed by atoms with van der Waals surface area (Å²) in [4.78, 5) is 2.21. The van der Waals surface area contributed by atoms with E-state index >= 15 is 0 Å². The summed E-state index contributed by atoms with van der Waals surface area (Å²) in [6.07, 6.45) is 1.76. The van der Waals surface area contributed by atoms with E-state index in [-0.39, 0.29) is 19.0 Å². The van der Waals surface area contributed by atoms with Gasteiger partial charge in [0.1, 0.15) is 5.82 Å². The zero-order valence-electron chi connectivity index (χ0n) is 12.5. The highest BCUT2D eigenvalue weighted by molar-refractivity contribution is 5.16. The molecule has 20 heavy (non-hydrogen) atoms. The molecule has 0 heterocycles. The number of unbranched alkanes of at least 4 members (excludes halogenated alkanes) is 1. The van der Waals surface area contributed by atoms with Gasteiger partial charge in [-0.15, -0.1) is 0 Å².